The zero-order valence-electron chi connectivity index (χ0n) is 12.2. The Morgan fingerprint density at radius 2 is 2.33 bits per heavy atom. The van der Waals surface area contributed by atoms with E-state index in [-0.39, 0.29) is 23.3 Å². The second-order valence-corrected chi connectivity index (χ2v) is 6.04. The molecule has 112 valence electrons. The van der Waals surface area contributed by atoms with E-state index in [0.717, 1.165) is 38.6 Å². The van der Waals surface area contributed by atoms with Crippen LogP contribution in [0.5, 0.6) is 0 Å². The van der Waals surface area contributed by atoms with Crippen molar-refractivity contribution in [3.8, 4) is 0 Å². The van der Waals surface area contributed by atoms with Crippen molar-refractivity contribution in [2.45, 2.75) is 45.1 Å². The lowest BCUT2D eigenvalue weighted by Gasteiger charge is -2.36. The standard InChI is InChI=1S/C15H20N4O2/c1-10-16-7-4-12(18-10)13(20)19-11-3-2-5-15(9-11)6-8-17-14(15)21/h4,7,11H,2-3,5-6,8-9H2,1H3,(H,17,21)(H,19,20). The maximum absolute atomic E-state index is 12.2. The van der Waals surface area contributed by atoms with Gasteiger partial charge in [-0.25, -0.2) is 9.97 Å². The molecule has 2 atom stereocenters. The molecule has 1 spiro atoms. The van der Waals surface area contributed by atoms with Gasteiger partial charge in [0, 0.05) is 18.8 Å². The van der Waals surface area contributed by atoms with E-state index >= 15 is 0 Å². The molecule has 0 aromatic carbocycles. The summed E-state index contributed by atoms with van der Waals surface area (Å²) in [7, 11) is 0. The fourth-order valence-corrected chi connectivity index (χ4v) is 3.48. The summed E-state index contributed by atoms with van der Waals surface area (Å²) >= 11 is 0. The van der Waals surface area contributed by atoms with Gasteiger partial charge < -0.3 is 10.6 Å². The number of nitrogens with one attached hydrogen (secondary N) is 2. The molecule has 21 heavy (non-hydrogen) atoms. The largest absolute Gasteiger partial charge is 0.356 e. The molecular weight excluding hydrogens is 268 g/mol. The van der Waals surface area contributed by atoms with Crippen LogP contribution in [0.3, 0.4) is 0 Å². The van der Waals surface area contributed by atoms with Crippen LogP contribution < -0.4 is 10.6 Å². The highest BCUT2D eigenvalue weighted by atomic mass is 16.2. The lowest BCUT2D eigenvalue weighted by atomic mass is 9.71. The van der Waals surface area contributed by atoms with Crippen LogP contribution in [-0.4, -0.2) is 34.4 Å². The molecule has 3 rings (SSSR count). The summed E-state index contributed by atoms with van der Waals surface area (Å²) < 4.78 is 0. The van der Waals surface area contributed by atoms with Gasteiger partial charge in [-0.05, 0) is 38.7 Å². The van der Waals surface area contributed by atoms with Crippen molar-refractivity contribution in [3.05, 3.63) is 23.8 Å². The van der Waals surface area contributed by atoms with Gasteiger partial charge in [0.15, 0.2) is 0 Å². The number of hydrogen-bond donors (Lipinski definition) is 2. The second kappa shape index (κ2) is 5.42. The molecule has 1 saturated heterocycles. The SMILES string of the molecule is Cc1nccc(C(=O)NC2CCCC3(CCNC3=O)C2)n1. The number of carbonyl (C=O) groups is 2. The summed E-state index contributed by atoms with van der Waals surface area (Å²) in [5.74, 6) is 0.554. The van der Waals surface area contributed by atoms with E-state index < -0.39 is 0 Å². The van der Waals surface area contributed by atoms with Gasteiger partial charge in [0.1, 0.15) is 11.5 Å². The number of hydrogen-bond acceptors (Lipinski definition) is 4. The monoisotopic (exact) mass is 288 g/mol. The fraction of sp³-hybridized carbons (Fsp3) is 0.600. The number of rotatable bonds is 2. The van der Waals surface area contributed by atoms with Gasteiger partial charge in [0.25, 0.3) is 5.91 Å². The van der Waals surface area contributed by atoms with E-state index in [1.807, 2.05) is 0 Å². The van der Waals surface area contributed by atoms with Gasteiger partial charge in [-0.15, -0.1) is 0 Å². The number of aryl methyl sites for hydroxylation is 1. The molecule has 1 aromatic heterocycles. The van der Waals surface area contributed by atoms with Crippen molar-refractivity contribution >= 4 is 11.8 Å². The summed E-state index contributed by atoms with van der Waals surface area (Å²) in [6.45, 7) is 2.51. The van der Waals surface area contributed by atoms with E-state index in [1.165, 1.54) is 0 Å². The molecule has 1 aliphatic carbocycles. The third-order valence-electron chi connectivity index (χ3n) is 4.56. The molecule has 2 aliphatic rings. The minimum Gasteiger partial charge on any atom is -0.356 e. The highest BCUT2D eigenvalue weighted by Crippen LogP contribution is 2.41. The Morgan fingerprint density at radius 3 is 3.05 bits per heavy atom. The fourth-order valence-electron chi connectivity index (χ4n) is 3.48. The highest BCUT2D eigenvalue weighted by Gasteiger charge is 2.45. The molecule has 6 nitrogen and oxygen atoms in total. The van der Waals surface area contributed by atoms with Crippen molar-refractivity contribution in [1.82, 2.24) is 20.6 Å². The predicted molar refractivity (Wildman–Crippen MR) is 76.6 cm³/mol. The van der Waals surface area contributed by atoms with Crippen molar-refractivity contribution < 1.29 is 9.59 Å². The topological polar surface area (TPSA) is 84.0 Å². The van der Waals surface area contributed by atoms with E-state index in [1.54, 1.807) is 19.2 Å². The van der Waals surface area contributed by atoms with Crippen molar-refractivity contribution in [2.75, 3.05) is 6.54 Å². The third-order valence-corrected chi connectivity index (χ3v) is 4.56. The Labute approximate surface area is 123 Å². The number of nitrogens with zero attached hydrogens (tertiary/aromatic N) is 2. The van der Waals surface area contributed by atoms with Gasteiger partial charge in [0.05, 0.1) is 5.41 Å². The Bertz CT molecular complexity index is 575. The van der Waals surface area contributed by atoms with Gasteiger partial charge in [-0.1, -0.05) is 6.42 Å². The summed E-state index contributed by atoms with van der Waals surface area (Å²) in [5, 5.41) is 5.95. The first-order valence-electron chi connectivity index (χ1n) is 7.48. The molecule has 2 N–H and O–H groups in total. The molecule has 2 fully saturated rings. The minimum atomic E-state index is -0.266. The lowest BCUT2D eigenvalue weighted by Crippen LogP contribution is -2.45. The zero-order valence-corrected chi connectivity index (χ0v) is 12.2. The van der Waals surface area contributed by atoms with Gasteiger partial charge in [-0.3, -0.25) is 9.59 Å². The predicted octanol–water partition coefficient (Wildman–Crippen LogP) is 0.964. The van der Waals surface area contributed by atoms with Gasteiger partial charge in [0.2, 0.25) is 5.91 Å². The first-order valence-corrected chi connectivity index (χ1v) is 7.48. The highest BCUT2D eigenvalue weighted by molar-refractivity contribution is 5.92. The van der Waals surface area contributed by atoms with E-state index in [4.69, 9.17) is 0 Å². The van der Waals surface area contributed by atoms with Crippen molar-refractivity contribution in [1.29, 1.82) is 0 Å². The average Bonchev–Trinajstić information content (AvgIpc) is 2.80. The maximum Gasteiger partial charge on any atom is 0.270 e. The lowest BCUT2D eigenvalue weighted by molar-refractivity contribution is -0.129. The van der Waals surface area contributed by atoms with Gasteiger partial charge in [-0.2, -0.15) is 0 Å². The molecule has 6 heteroatoms. The Kier molecular flexibility index (Phi) is 3.61. The van der Waals surface area contributed by atoms with Crippen LogP contribution in [0.4, 0.5) is 0 Å². The van der Waals surface area contributed by atoms with E-state index in [2.05, 4.69) is 20.6 Å². The smallest absolute Gasteiger partial charge is 0.270 e. The van der Waals surface area contributed by atoms with Crippen molar-refractivity contribution in [3.63, 3.8) is 0 Å². The molecule has 1 saturated carbocycles. The minimum absolute atomic E-state index is 0.0466. The number of amides is 2. The quantitative estimate of drug-likeness (QED) is 0.849. The molecule has 2 amide bonds. The van der Waals surface area contributed by atoms with Crippen LogP contribution >= 0.6 is 0 Å². The van der Waals surface area contributed by atoms with Crippen molar-refractivity contribution in [2.24, 2.45) is 5.41 Å². The summed E-state index contributed by atoms with van der Waals surface area (Å²) in [4.78, 5) is 32.4. The Morgan fingerprint density at radius 1 is 1.48 bits per heavy atom. The number of aromatic nitrogens is 2. The van der Waals surface area contributed by atoms with Crippen LogP contribution in [0.15, 0.2) is 12.3 Å². The molecule has 1 aliphatic heterocycles. The summed E-state index contributed by atoms with van der Waals surface area (Å²) in [6, 6.07) is 1.66. The van der Waals surface area contributed by atoms with Crippen LogP contribution in [0, 0.1) is 12.3 Å². The second-order valence-electron chi connectivity index (χ2n) is 6.04. The third kappa shape index (κ3) is 2.75. The van der Waals surface area contributed by atoms with Gasteiger partial charge >= 0.3 is 0 Å². The molecule has 1 aromatic rings. The Hall–Kier alpha value is -1.98. The van der Waals surface area contributed by atoms with Crippen LogP contribution in [0.1, 0.15) is 48.4 Å². The first kappa shape index (κ1) is 14.0. The first-order chi connectivity index (χ1) is 10.1. The molecule has 0 bridgehead atoms. The van der Waals surface area contributed by atoms with E-state index in [9.17, 15) is 9.59 Å². The Balaban J connectivity index is 1.67. The number of carbonyl (C=O) groups excluding carboxylic acids is 2. The maximum atomic E-state index is 12.2. The van der Waals surface area contributed by atoms with Crippen LogP contribution in [0.25, 0.3) is 0 Å². The van der Waals surface area contributed by atoms with Crippen LogP contribution in [-0.2, 0) is 4.79 Å². The van der Waals surface area contributed by atoms with Crippen LogP contribution in [0.2, 0.25) is 0 Å². The molecular formula is C15H20N4O2. The normalized spacial score (nSPS) is 28.4. The molecule has 2 heterocycles. The molecule has 0 radical (unpaired) electrons. The van der Waals surface area contributed by atoms with E-state index in [0.29, 0.717) is 11.5 Å². The molecule has 2 unspecified atom stereocenters. The summed E-state index contributed by atoms with van der Waals surface area (Å²) in [6.07, 6.45) is 6.02. The average molecular weight is 288 g/mol. The summed E-state index contributed by atoms with van der Waals surface area (Å²) in [5.41, 5.74) is 0.121. The zero-order chi connectivity index (χ0) is 14.9.